The molecule has 0 unspecified atom stereocenters. The molecule has 0 atom stereocenters. The number of pyridine rings is 1. The number of ether oxygens (including phenoxy) is 1. The van der Waals surface area contributed by atoms with Gasteiger partial charge in [-0.25, -0.2) is 40.6 Å². The summed E-state index contributed by atoms with van der Waals surface area (Å²) in [4.78, 5) is 28.5. The molecule has 0 aliphatic carbocycles. The molecule has 1 amide bonds. The van der Waals surface area contributed by atoms with Crippen molar-refractivity contribution in [1.29, 1.82) is 0 Å². The fourth-order valence-corrected chi connectivity index (χ4v) is 6.47. The Morgan fingerprint density at radius 3 is 2.39 bits per heavy atom. The van der Waals surface area contributed by atoms with Crippen LogP contribution in [0, 0.1) is 11.6 Å². The molecule has 0 bridgehead atoms. The number of aromatic nitrogens is 3. The van der Waals surface area contributed by atoms with Gasteiger partial charge in [0.1, 0.15) is 44.2 Å². The van der Waals surface area contributed by atoms with Crippen molar-refractivity contribution in [3.63, 3.8) is 0 Å². The lowest BCUT2D eigenvalue weighted by Crippen LogP contribution is -2.49. The predicted molar refractivity (Wildman–Crippen MR) is 160 cm³/mol. The van der Waals surface area contributed by atoms with Crippen LogP contribution in [0.4, 0.5) is 20.3 Å². The number of halogens is 2. The molecule has 1 N–H and O–H groups in total. The highest BCUT2D eigenvalue weighted by atomic mass is 32.2. The lowest BCUT2D eigenvalue weighted by atomic mass is 10.0. The van der Waals surface area contributed by atoms with E-state index in [1.165, 1.54) is 25.7 Å². The summed E-state index contributed by atoms with van der Waals surface area (Å²) in [6.07, 6.45) is 3.96. The number of methoxy groups -OCH3 is 1. The van der Waals surface area contributed by atoms with Gasteiger partial charge in [0, 0.05) is 62.1 Å². The van der Waals surface area contributed by atoms with Crippen LogP contribution in [-0.2, 0) is 24.7 Å². The molecule has 3 heterocycles. The van der Waals surface area contributed by atoms with Crippen molar-refractivity contribution in [2.24, 2.45) is 0 Å². The van der Waals surface area contributed by atoms with E-state index in [9.17, 15) is 30.4 Å². The Labute approximate surface area is 252 Å². The van der Waals surface area contributed by atoms with Crippen LogP contribution in [0.2, 0.25) is 0 Å². The molecule has 16 heteroatoms. The van der Waals surface area contributed by atoms with Gasteiger partial charge in [-0.05, 0) is 35.9 Å². The first-order valence-electron chi connectivity index (χ1n) is 13.3. The highest BCUT2D eigenvalue weighted by Gasteiger charge is 2.25. The first-order chi connectivity index (χ1) is 20.8. The average Bonchev–Trinajstić information content (AvgIpc) is 2.98. The summed E-state index contributed by atoms with van der Waals surface area (Å²) >= 11 is 0. The summed E-state index contributed by atoms with van der Waals surface area (Å²) in [5.74, 6) is -2.00. The van der Waals surface area contributed by atoms with Crippen molar-refractivity contribution in [1.82, 2.24) is 19.9 Å². The highest BCUT2D eigenvalue weighted by Crippen LogP contribution is 2.33. The Balaban J connectivity index is 1.41. The van der Waals surface area contributed by atoms with E-state index in [-0.39, 0.29) is 29.6 Å². The van der Waals surface area contributed by atoms with E-state index in [2.05, 4.69) is 19.7 Å². The minimum absolute atomic E-state index is 0.0602. The van der Waals surface area contributed by atoms with Crippen LogP contribution in [0.25, 0.3) is 22.0 Å². The number of rotatable bonds is 9. The number of piperazine rings is 1. The van der Waals surface area contributed by atoms with Gasteiger partial charge in [-0.3, -0.25) is 9.52 Å². The third-order valence-electron chi connectivity index (χ3n) is 7.04. The van der Waals surface area contributed by atoms with E-state index >= 15 is 0 Å². The number of nitrogens with one attached hydrogen (secondary N) is 1. The van der Waals surface area contributed by atoms with Gasteiger partial charge in [-0.1, -0.05) is 6.07 Å². The Kier molecular flexibility index (Phi) is 8.65. The highest BCUT2D eigenvalue weighted by molar-refractivity contribution is 7.92. The summed E-state index contributed by atoms with van der Waals surface area (Å²) in [6, 6.07) is 9.02. The maximum Gasteiger partial charge on any atom is 0.264 e. The van der Waals surface area contributed by atoms with E-state index in [0.717, 1.165) is 18.4 Å². The summed E-state index contributed by atoms with van der Waals surface area (Å²) in [5, 5.41) is 0.702. The zero-order valence-electron chi connectivity index (χ0n) is 23.7. The van der Waals surface area contributed by atoms with E-state index in [1.807, 2.05) is 11.0 Å². The fraction of sp³-hybridized carbons (Fsp3) is 0.286. The van der Waals surface area contributed by atoms with E-state index in [4.69, 9.17) is 4.74 Å². The van der Waals surface area contributed by atoms with Crippen molar-refractivity contribution in [2.75, 3.05) is 54.9 Å². The van der Waals surface area contributed by atoms with Crippen LogP contribution in [0.3, 0.4) is 0 Å². The van der Waals surface area contributed by atoms with Gasteiger partial charge < -0.3 is 14.5 Å². The smallest absolute Gasteiger partial charge is 0.264 e. The molecule has 5 rings (SSSR count). The molecule has 12 nitrogen and oxygen atoms in total. The van der Waals surface area contributed by atoms with Crippen molar-refractivity contribution >= 4 is 48.2 Å². The quantitative estimate of drug-likeness (QED) is 0.287. The van der Waals surface area contributed by atoms with Gasteiger partial charge in [0.15, 0.2) is 0 Å². The number of hydrogen-bond acceptors (Lipinski definition) is 10. The monoisotopic (exact) mass is 646 g/mol. The number of fused-ring (bicyclic) bond motifs is 1. The van der Waals surface area contributed by atoms with Crippen molar-refractivity contribution < 1.29 is 35.1 Å². The van der Waals surface area contributed by atoms with Crippen LogP contribution in [-0.4, -0.2) is 87.9 Å². The molecule has 1 aliphatic heterocycles. The molecule has 0 saturated carbocycles. The third kappa shape index (κ3) is 6.86. The number of carbonyl (C=O) groups is 1. The third-order valence-corrected chi connectivity index (χ3v) is 9.38. The molecule has 232 valence electrons. The molecule has 2 aromatic carbocycles. The molecule has 1 aliphatic rings. The maximum absolute atomic E-state index is 14.3. The number of nitrogens with zero attached hydrogens (tertiary/aromatic N) is 5. The molecule has 2 aromatic heterocycles. The average molecular weight is 647 g/mol. The second kappa shape index (κ2) is 12.3. The molecule has 0 spiro atoms. The standard InChI is InChI=1S/C28H28F2N6O6S2/c1-42-28-24(34-44(40,41)25-6-4-20(29)15-22(25)30)14-19(16-31-28)18-3-5-23-21(13-18)27(33-17-32-23)36-10-8-35(9-11-36)26(37)7-12-43(2,38)39/h3-6,13-17,34H,7-12H2,1-2H3. The number of sulfone groups is 1. The SMILES string of the molecule is COc1ncc(-c2ccc3ncnc(N4CCN(C(=O)CCS(C)(=O)=O)CC4)c3c2)cc1NS(=O)(=O)c1ccc(F)cc1F. The number of hydrogen-bond donors (Lipinski definition) is 1. The second-order valence-electron chi connectivity index (χ2n) is 10.1. The Morgan fingerprint density at radius 1 is 0.955 bits per heavy atom. The molecule has 1 fully saturated rings. The van der Waals surface area contributed by atoms with Crippen LogP contribution in [0.15, 0.2) is 59.9 Å². The van der Waals surface area contributed by atoms with E-state index in [1.54, 1.807) is 17.0 Å². The summed E-state index contributed by atoms with van der Waals surface area (Å²) < 4.78 is 84.0. The topological polar surface area (TPSA) is 152 Å². The van der Waals surface area contributed by atoms with E-state index in [0.29, 0.717) is 60.1 Å². The van der Waals surface area contributed by atoms with E-state index < -0.39 is 36.4 Å². The van der Waals surface area contributed by atoms with Gasteiger partial charge >= 0.3 is 0 Å². The molecule has 4 aromatic rings. The minimum Gasteiger partial charge on any atom is -0.480 e. The Hall–Kier alpha value is -4.44. The van der Waals surface area contributed by atoms with Crippen molar-refractivity contribution in [3.05, 3.63) is 66.6 Å². The Bertz CT molecular complexity index is 1950. The lowest BCUT2D eigenvalue weighted by Gasteiger charge is -2.35. The first-order valence-corrected chi connectivity index (χ1v) is 16.9. The van der Waals surface area contributed by atoms with Gasteiger partial charge in [0.25, 0.3) is 10.0 Å². The zero-order valence-corrected chi connectivity index (χ0v) is 25.3. The van der Waals surface area contributed by atoms with Crippen LogP contribution in [0.1, 0.15) is 6.42 Å². The zero-order chi connectivity index (χ0) is 31.6. The van der Waals surface area contributed by atoms with Gasteiger partial charge in [-0.15, -0.1) is 0 Å². The number of anilines is 2. The van der Waals surface area contributed by atoms with Crippen molar-refractivity contribution in [2.45, 2.75) is 11.3 Å². The van der Waals surface area contributed by atoms with Gasteiger partial charge in [-0.2, -0.15) is 0 Å². The van der Waals surface area contributed by atoms with Crippen LogP contribution >= 0.6 is 0 Å². The van der Waals surface area contributed by atoms with Crippen LogP contribution in [0.5, 0.6) is 5.88 Å². The molecular formula is C28H28F2N6O6S2. The van der Waals surface area contributed by atoms with Crippen LogP contribution < -0.4 is 14.4 Å². The lowest BCUT2D eigenvalue weighted by molar-refractivity contribution is -0.131. The molecular weight excluding hydrogens is 618 g/mol. The predicted octanol–water partition coefficient (Wildman–Crippen LogP) is 2.86. The summed E-state index contributed by atoms with van der Waals surface area (Å²) in [6.45, 7) is 1.73. The Morgan fingerprint density at radius 2 is 1.70 bits per heavy atom. The first kappa shape index (κ1) is 31.0. The minimum atomic E-state index is -4.47. The number of amides is 1. The number of carbonyl (C=O) groups excluding carboxylic acids is 1. The van der Waals surface area contributed by atoms with Gasteiger partial charge in [0.2, 0.25) is 11.8 Å². The summed E-state index contributed by atoms with van der Waals surface area (Å²) in [7, 11) is -6.41. The van der Waals surface area contributed by atoms with Gasteiger partial charge in [0.05, 0.1) is 18.4 Å². The molecule has 44 heavy (non-hydrogen) atoms. The maximum atomic E-state index is 14.3. The number of benzene rings is 2. The largest absolute Gasteiger partial charge is 0.480 e. The normalized spacial score (nSPS) is 14.1. The second-order valence-corrected chi connectivity index (χ2v) is 14.0. The number of sulfonamides is 1. The molecule has 1 saturated heterocycles. The van der Waals surface area contributed by atoms with Crippen molar-refractivity contribution in [3.8, 4) is 17.0 Å². The molecule has 0 radical (unpaired) electrons. The fourth-order valence-electron chi connectivity index (χ4n) is 4.81. The summed E-state index contributed by atoms with van der Waals surface area (Å²) in [5.41, 5.74) is 1.74.